The van der Waals surface area contributed by atoms with E-state index in [0.29, 0.717) is 11.6 Å². The quantitative estimate of drug-likeness (QED) is 0.850. The lowest BCUT2D eigenvalue weighted by Gasteiger charge is -2.12. The van der Waals surface area contributed by atoms with Crippen molar-refractivity contribution in [3.05, 3.63) is 39.3 Å². The first-order valence-electron chi connectivity index (χ1n) is 5.21. The van der Waals surface area contributed by atoms with Crippen molar-refractivity contribution >= 4 is 46.1 Å². The molecule has 2 rings (SSSR count). The van der Waals surface area contributed by atoms with Crippen LogP contribution < -0.4 is 11.1 Å². The van der Waals surface area contributed by atoms with E-state index >= 15 is 0 Å². The molecule has 1 atom stereocenters. The Kier molecular flexibility index (Phi) is 4.11. The van der Waals surface area contributed by atoms with Crippen molar-refractivity contribution in [3.8, 4) is 0 Å². The maximum Gasteiger partial charge on any atom is 0.223 e. The second kappa shape index (κ2) is 5.60. The third-order valence-corrected chi connectivity index (χ3v) is 3.90. The van der Waals surface area contributed by atoms with E-state index in [4.69, 9.17) is 29.6 Å². The molecule has 0 aliphatic carbocycles. The molecular formula is C11H11ClN4S2. The van der Waals surface area contributed by atoms with Gasteiger partial charge in [0.2, 0.25) is 5.95 Å². The molecule has 0 bridgehead atoms. The van der Waals surface area contributed by atoms with Gasteiger partial charge in [-0.05, 0) is 25.1 Å². The van der Waals surface area contributed by atoms with E-state index in [1.807, 2.05) is 19.1 Å². The Morgan fingerprint density at radius 1 is 1.50 bits per heavy atom. The number of nitrogens with one attached hydrogen (secondary N) is 1. The summed E-state index contributed by atoms with van der Waals surface area (Å²) in [6, 6.07) is 5.60. The predicted molar refractivity (Wildman–Crippen MR) is 79.3 cm³/mol. The number of thiocarbonyl (C=S) groups is 1. The van der Waals surface area contributed by atoms with Crippen molar-refractivity contribution in [1.82, 2.24) is 9.97 Å². The van der Waals surface area contributed by atoms with Crippen molar-refractivity contribution in [2.75, 3.05) is 5.32 Å². The van der Waals surface area contributed by atoms with E-state index in [9.17, 15) is 0 Å². The number of nitrogens with two attached hydrogens (primary N) is 1. The molecule has 0 aliphatic heterocycles. The van der Waals surface area contributed by atoms with Crippen LogP contribution in [0.2, 0.25) is 4.34 Å². The van der Waals surface area contributed by atoms with Gasteiger partial charge in [0, 0.05) is 11.1 Å². The number of thiophene rings is 1. The molecule has 0 saturated heterocycles. The number of halogens is 1. The van der Waals surface area contributed by atoms with Crippen LogP contribution in [0.25, 0.3) is 0 Å². The first-order chi connectivity index (χ1) is 8.56. The van der Waals surface area contributed by atoms with Gasteiger partial charge in [-0.2, -0.15) is 0 Å². The summed E-state index contributed by atoms with van der Waals surface area (Å²) in [4.78, 5) is 9.73. The Hall–Kier alpha value is -1.24. The van der Waals surface area contributed by atoms with Crippen LogP contribution in [0.15, 0.2) is 24.4 Å². The molecule has 0 aromatic carbocycles. The lowest BCUT2D eigenvalue weighted by Crippen LogP contribution is -2.14. The van der Waals surface area contributed by atoms with Gasteiger partial charge in [-0.15, -0.1) is 11.3 Å². The lowest BCUT2D eigenvalue weighted by molar-refractivity contribution is 0.879. The Bertz CT molecular complexity index is 570. The van der Waals surface area contributed by atoms with Gasteiger partial charge in [0.15, 0.2) is 0 Å². The van der Waals surface area contributed by atoms with Crippen molar-refractivity contribution in [1.29, 1.82) is 0 Å². The second-order valence-corrected chi connectivity index (χ2v) is 5.82. The first-order valence-corrected chi connectivity index (χ1v) is 6.81. The molecule has 7 heteroatoms. The first kappa shape index (κ1) is 13.2. The van der Waals surface area contributed by atoms with Gasteiger partial charge < -0.3 is 11.1 Å². The largest absolute Gasteiger partial charge is 0.388 e. The van der Waals surface area contributed by atoms with E-state index in [2.05, 4.69) is 15.3 Å². The molecular weight excluding hydrogens is 288 g/mol. The fourth-order valence-corrected chi connectivity index (χ4v) is 2.57. The number of nitrogens with zero attached hydrogens (tertiary/aromatic N) is 2. The maximum absolute atomic E-state index is 5.90. The standard InChI is InChI=1S/C11H11ClN4S2/c1-6(8-2-3-9(12)18-8)15-11-14-5-4-7(16-11)10(13)17/h2-6H,1H3,(H2,13,17)(H,14,15,16). The highest BCUT2D eigenvalue weighted by molar-refractivity contribution is 7.80. The highest BCUT2D eigenvalue weighted by Gasteiger charge is 2.10. The van der Waals surface area contributed by atoms with Gasteiger partial charge in [-0.25, -0.2) is 9.97 Å². The normalized spacial score (nSPS) is 12.1. The highest BCUT2D eigenvalue weighted by atomic mass is 35.5. The van der Waals surface area contributed by atoms with Gasteiger partial charge in [0.25, 0.3) is 0 Å². The monoisotopic (exact) mass is 298 g/mol. The zero-order valence-corrected chi connectivity index (χ0v) is 11.9. The smallest absolute Gasteiger partial charge is 0.223 e. The molecule has 0 amide bonds. The number of rotatable bonds is 4. The molecule has 0 spiro atoms. The van der Waals surface area contributed by atoms with E-state index < -0.39 is 0 Å². The summed E-state index contributed by atoms with van der Waals surface area (Å²) >= 11 is 12.3. The number of hydrogen-bond donors (Lipinski definition) is 2. The maximum atomic E-state index is 5.90. The molecule has 18 heavy (non-hydrogen) atoms. The van der Waals surface area contributed by atoms with E-state index in [1.165, 1.54) is 11.3 Å². The predicted octanol–water partition coefficient (Wildman–Crippen LogP) is 3.00. The van der Waals surface area contributed by atoms with Gasteiger partial charge in [-0.3, -0.25) is 0 Å². The SMILES string of the molecule is CC(Nc1nccc(C(N)=S)n1)c1ccc(Cl)s1. The van der Waals surface area contributed by atoms with Crippen LogP contribution in [-0.4, -0.2) is 15.0 Å². The molecule has 0 fully saturated rings. The molecule has 0 radical (unpaired) electrons. The molecule has 1 unspecified atom stereocenters. The van der Waals surface area contributed by atoms with Crippen LogP contribution in [0.3, 0.4) is 0 Å². The molecule has 2 aromatic heterocycles. The summed E-state index contributed by atoms with van der Waals surface area (Å²) in [6.07, 6.45) is 1.62. The third-order valence-electron chi connectivity index (χ3n) is 2.27. The third kappa shape index (κ3) is 3.16. The van der Waals surface area contributed by atoms with Crippen molar-refractivity contribution in [2.45, 2.75) is 13.0 Å². The van der Waals surface area contributed by atoms with Crippen LogP contribution in [0.4, 0.5) is 5.95 Å². The minimum atomic E-state index is 0.0732. The second-order valence-electron chi connectivity index (χ2n) is 3.64. The van der Waals surface area contributed by atoms with Gasteiger partial charge in [0.05, 0.1) is 10.4 Å². The summed E-state index contributed by atoms with van der Waals surface area (Å²) in [6.45, 7) is 2.01. The molecule has 94 valence electrons. The summed E-state index contributed by atoms with van der Waals surface area (Å²) in [7, 11) is 0. The minimum Gasteiger partial charge on any atom is -0.388 e. The Labute approximate surface area is 119 Å². The van der Waals surface area contributed by atoms with Crippen LogP contribution in [0, 0.1) is 0 Å². The summed E-state index contributed by atoms with van der Waals surface area (Å²) in [5.74, 6) is 0.498. The van der Waals surface area contributed by atoms with Crippen LogP contribution >= 0.6 is 35.2 Å². The molecule has 0 saturated carbocycles. The fraction of sp³-hybridized carbons (Fsp3) is 0.182. The summed E-state index contributed by atoms with van der Waals surface area (Å²) < 4.78 is 0.761. The fourth-order valence-electron chi connectivity index (χ4n) is 1.39. The van der Waals surface area contributed by atoms with Gasteiger partial charge in [0.1, 0.15) is 10.7 Å². The molecule has 0 aliphatic rings. The highest BCUT2D eigenvalue weighted by Crippen LogP contribution is 2.28. The average Bonchev–Trinajstić information content (AvgIpc) is 2.76. The molecule has 2 heterocycles. The van der Waals surface area contributed by atoms with Crippen molar-refractivity contribution < 1.29 is 0 Å². The number of aromatic nitrogens is 2. The molecule has 2 aromatic rings. The Balaban J connectivity index is 2.14. The Morgan fingerprint density at radius 3 is 2.89 bits per heavy atom. The Morgan fingerprint density at radius 2 is 2.28 bits per heavy atom. The van der Waals surface area contributed by atoms with Crippen LogP contribution in [-0.2, 0) is 0 Å². The van der Waals surface area contributed by atoms with E-state index in [0.717, 1.165) is 9.21 Å². The lowest BCUT2D eigenvalue weighted by atomic mass is 10.3. The zero-order chi connectivity index (χ0) is 13.1. The summed E-state index contributed by atoms with van der Waals surface area (Å²) in [5, 5.41) is 3.18. The van der Waals surface area contributed by atoms with Crippen molar-refractivity contribution in [3.63, 3.8) is 0 Å². The van der Waals surface area contributed by atoms with Gasteiger partial charge >= 0.3 is 0 Å². The van der Waals surface area contributed by atoms with Crippen LogP contribution in [0.5, 0.6) is 0 Å². The van der Waals surface area contributed by atoms with Gasteiger partial charge in [-0.1, -0.05) is 23.8 Å². The number of anilines is 1. The zero-order valence-electron chi connectivity index (χ0n) is 9.55. The average molecular weight is 299 g/mol. The minimum absolute atomic E-state index is 0.0732. The summed E-state index contributed by atoms with van der Waals surface area (Å²) in [5.41, 5.74) is 6.08. The van der Waals surface area contributed by atoms with Crippen molar-refractivity contribution in [2.24, 2.45) is 5.73 Å². The number of hydrogen-bond acceptors (Lipinski definition) is 5. The molecule has 3 N–H and O–H groups in total. The topological polar surface area (TPSA) is 63.8 Å². The van der Waals surface area contributed by atoms with Crippen LogP contribution in [0.1, 0.15) is 23.5 Å². The van der Waals surface area contributed by atoms with E-state index in [-0.39, 0.29) is 11.0 Å². The molecule has 4 nitrogen and oxygen atoms in total. The van der Waals surface area contributed by atoms with E-state index in [1.54, 1.807) is 12.3 Å².